The summed E-state index contributed by atoms with van der Waals surface area (Å²) in [6.07, 6.45) is -0.0487. The van der Waals surface area contributed by atoms with Crippen LogP contribution in [-0.2, 0) is 4.79 Å². The number of para-hydroxylation sites is 1. The molecule has 1 saturated heterocycles. The molecule has 1 heterocycles. The highest BCUT2D eigenvalue weighted by Crippen LogP contribution is 2.24. The number of anilines is 1. The van der Waals surface area contributed by atoms with E-state index in [4.69, 9.17) is 5.11 Å². The van der Waals surface area contributed by atoms with Gasteiger partial charge in [-0.1, -0.05) is 24.3 Å². The average molecular weight is 382 g/mol. The van der Waals surface area contributed by atoms with Crippen LogP contribution in [0.5, 0.6) is 0 Å². The standard InChI is InChI=1S/C21H22N2O5/c1-22(17-8-3-2-4-9-17)18(24)15-6-5-7-16(14-15)19(25)23-12-10-21(28,11-13-23)20(26)27/h2-9,14,28H,10-13H2,1H3,(H,26,27). The van der Waals surface area contributed by atoms with Crippen molar-refractivity contribution >= 4 is 23.5 Å². The maximum Gasteiger partial charge on any atom is 0.335 e. The van der Waals surface area contributed by atoms with Crippen LogP contribution in [0.25, 0.3) is 0 Å². The van der Waals surface area contributed by atoms with Gasteiger partial charge in [0.05, 0.1) is 0 Å². The molecule has 0 atom stereocenters. The van der Waals surface area contributed by atoms with Gasteiger partial charge in [-0.2, -0.15) is 0 Å². The lowest BCUT2D eigenvalue weighted by atomic mass is 9.91. The van der Waals surface area contributed by atoms with Crippen molar-refractivity contribution in [3.63, 3.8) is 0 Å². The number of hydrogen-bond donors (Lipinski definition) is 2. The molecule has 0 saturated carbocycles. The van der Waals surface area contributed by atoms with E-state index in [2.05, 4.69) is 0 Å². The molecule has 0 aromatic heterocycles. The molecule has 3 rings (SSSR count). The van der Waals surface area contributed by atoms with E-state index in [-0.39, 0.29) is 37.7 Å². The molecule has 2 amide bonds. The van der Waals surface area contributed by atoms with Crippen molar-refractivity contribution in [2.24, 2.45) is 0 Å². The lowest BCUT2D eigenvalue weighted by Gasteiger charge is -2.35. The van der Waals surface area contributed by atoms with Crippen molar-refractivity contribution < 1.29 is 24.6 Å². The van der Waals surface area contributed by atoms with Crippen molar-refractivity contribution in [3.8, 4) is 0 Å². The molecule has 1 fully saturated rings. The Morgan fingerprint density at radius 3 is 2.18 bits per heavy atom. The first kappa shape index (κ1) is 19.6. The van der Waals surface area contributed by atoms with E-state index in [0.717, 1.165) is 5.69 Å². The van der Waals surface area contributed by atoms with Gasteiger partial charge in [0, 0.05) is 49.8 Å². The Kier molecular flexibility index (Phi) is 5.46. The van der Waals surface area contributed by atoms with Crippen LogP contribution < -0.4 is 4.90 Å². The van der Waals surface area contributed by atoms with E-state index < -0.39 is 11.6 Å². The molecule has 0 unspecified atom stereocenters. The van der Waals surface area contributed by atoms with Gasteiger partial charge < -0.3 is 20.0 Å². The number of hydrogen-bond acceptors (Lipinski definition) is 4. The summed E-state index contributed by atoms with van der Waals surface area (Å²) >= 11 is 0. The number of carboxylic acid groups (broad SMARTS) is 1. The number of rotatable bonds is 4. The van der Waals surface area contributed by atoms with Crippen LogP contribution in [-0.4, -0.2) is 58.6 Å². The first-order chi connectivity index (χ1) is 13.3. The lowest BCUT2D eigenvalue weighted by molar-refractivity contribution is -0.162. The molecule has 146 valence electrons. The Morgan fingerprint density at radius 1 is 0.964 bits per heavy atom. The predicted molar refractivity (Wildman–Crippen MR) is 103 cm³/mol. The minimum absolute atomic E-state index is 0.0244. The van der Waals surface area contributed by atoms with Gasteiger partial charge in [0.2, 0.25) is 0 Å². The van der Waals surface area contributed by atoms with Crippen molar-refractivity contribution in [2.75, 3.05) is 25.0 Å². The van der Waals surface area contributed by atoms with E-state index in [1.54, 1.807) is 31.3 Å². The number of nitrogens with zero attached hydrogens (tertiary/aromatic N) is 2. The minimum Gasteiger partial charge on any atom is -0.479 e. The van der Waals surface area contributed by atoms with Crippen LogP contribution >= 0.6 is 0 Å². The first-order valence-electron chi connectivity index (χ1n) is 9.00. The summed E-state index contributed by atoms with van der Waals surface area (Å²) in [5.41, 5.74) is -0.301. The number of amides is 2. The van der Waals surface area contributed by atoms with E-state index >= 15 is 0 Å². The Balaban J connectivity index is 1.74. The number of aliphatic hydroxyl groups is 1. The first-order valence-corrected chi connectivity index (χ1v) is 9.00. The predicted octanol–water partition coefficient (Wildman–Crippen LogP) is 2.01. The third-order valence-electron chi connectivity index (χ3n) is 5.08. The van der Waals surface area contributed by atoms with E-state index in [0.29, 0.717) is 11.1 Å². The molecule has 0 aliphatic carbocycles. The second-order valence-corrected chi connectivity index (χ2v) is 6.91. The summed E-state index contributed by atoms with van der Waals surface area (Å²) in [6, 6.07) is 15.7. The second kappa shape index (κ2) is 7.82. The van der Waals surface area contributed by atoms with Gasteiger partial charge in [-0.15, -0.1) is 0 Å². The number of piperidine rings is 1. The quantitative estimate of drug-likeness (QED) is 0.843. The monoisotopic (exact) mass is 382 g/mol. The van der Waals surface area contributed by atoms with Crippen molar-refractivity contribution in [2.45, 2.75) is 18.4 Å². The molecule has 1 aliphatic heterocycles. The molecule has 0 bridgehead atoms. The van der Waals surface area contributed by atoms with Gasteiger partial charge in [-0.3, -0.25) is 9.59 Å². The number of carboxylic acids is 1. The molecule has 2 aromatic rings. The number of likely N-dealkylation sites (tertiary alicyclic amines) is 1. The smallest absolute Gasteiger partial charge is 0.335 e. The zero-order valence-electron chi connectivity index (χ0n) is 15.5. The van der Waals surface area contributed by atoms with Gasteiger partial charge in [-0.05, 0) is 30.3 Å². The largest absolute Gasteiger partial charge is 0.479 e. The minimum atomic E-state index is -1.78. The molecule has 2 aromatic carbocycles. The molecule has 2 N–H and O–H groups in total. The summed E-state index contributed by atoms with van der Waals surface area (Å²) < 4.78 is 0. The van der Waals surface area contributed by atoms with Gasteiger partial charge in [0.15, 0.2) is 5.60 Å². The second-order valence-electron chi connectivity index (χ2n) is 6.91. The summed E-state index contributed by atoms with van der Waals surface area (Å²) in [5, 5.41) is 19.1. The van der Waals surface area contributed by atoms with Crippen LogP contribution in [0.1, 0.15) is 33.6 Å². The maximum atomic E-state index is 12.8. The molecular formula is C21H22N2O5. The van der Waals surface area contributed by atoms with Crippen molar-refractivity contribution in [3.05, 3.63) is 65.7 Å². The molecule has 7 heteroatoms. The fraction of sp³-hybridized carbons (Fsp3) is 0.286. The van der Waals surface area contributed by atoms with Gasteiger partial charge >= 0.3 is 5.97 Å². The van der Waals surface area contributed by atoms with Gasteiger partial charge in [-0.25, -0.2) is 4.79 Å². The highest BCUT2D eigenvalue weighted by molar-refractivity contribution is 6.07. The molecular weight excluding hydrogens is 360 g/mol. The zero-order valence-corrected chi connectivity index (χ0v) is 15.5. The Labute approximate surface area is 162 Å². The third-order valence-corrected chi connectivity index (χ3v) is 5.08. The SMILES string of the molecule is CN(C(=O)c1cccc(C(=O)N2CCC(O)(C(=O)O)CC2)c1)c1ccccc1. The topological polar surface area (TPSA) is 98.2 Å². The summed E-state index contributed by atoms with van der Waals surface area (Å²) in [4.78, 5) is 39.7. The molecule has 28 heavy (non-hydrogen) atoms. The highest BCUT2D eigenvalue weighted by Gasteiger charge is 2.40. The van der Waals surface area contributed by atoms with Crippen LogP contribution in [0, 0.1) is 0 Å². The van der Waals surface area contributed by atoms with Crippen LogP contribution in [0.4, 0.5) is 5.69 Å². The number of benzene rings is 2. The van der Waals surface area contributed by atoms with E-state index in [1.165, 1.54) is 9.80 Å². The van der Waals surface area contributed by atoms with E-state index in [1.807, 2.05) is 30.3 Å². The molecule has 0 spiro atoms. The van der Waals surface area contributed by atoms with Gasteiger partial charge in [0.25, 0.3) is 11.8 Å². The number of carbonyl (C=O) groups excluding carboxylic acids is 2. The summed E-state index contributed by atoms with van der Waals surface area (Å²) in [5.74, 6) is -1.79. The summed E-state index contributed by atoms with van der Waals surface area (Å²) in [6.45, 7) is 0.285. The van der Waals surface area contributed by atoms with Crippen molar-refractivity contribution in [1.29, 1.82) is 0 Å². The number of aliphatic carboxylic acids is 1. The molecule has 1 aliphatic rings. The van der Waals surface area contributed by atoms with Crippen LogP contribution in [0.15, 0.2) is 54.6 Å². The van der Waals surface area contributed by atoms with Crippen LogP contribution in [0.3, 0.4) is 0 Å². The third kappa shape index (κ3) is 3.89. The molecule has 0 radical (unpaired) electrons. The zero-order chi connectivity index (χ0) is 20.3. The fourth-order valence-electron chi connectivity index (χ4n) is 3.22. The Bertz CT molecular complexity index is 889. The summed E-state index contributed by atoms with van der Waals surface area (Å²) in [7, 11) is 1.67. The Morgan fingerprint density at radius 2 is 1.57 bits per heavy atom. The van der Waals surface area contributed by atoms with Gasteiger partial charge in [0.1, 0.15) is 0 Å². The Hall–Kier alpha value is -3.19. The van der Waals surface area contributed by atoms with Crippen molar-refractivity contribution in [1.82, 2.24) is 4.90 Å². The van der Waals surface area contributed by atoms with Crippen LogP contribution in [0.2, 0.25) is 0 Å². The average Bonchev–Trinajstić information content (AvgIpc) is 2.73. The normalized spacial score (nSPS) is 15.7. The van der Waals surface area contributed by atoms with E-state index in [9.17, 15) is 19.5 Å². The lowest BCUT2D eigenvalue weighted by Crippen LogP contribution is -2.50. The maximum absolute atomic E-state index is 12.8. The molecule has 7 nitrogen and oxygen atoms in total. The highest BCUT2D eigenvalue weighted by atomic mass is 16.4. The fourth-order valence-corrected chi connectivity index (χ4v) is 3.22. The number of carbonyl (C=O) groups is 3.